The summed E-state index contributed by atoms with van der Waals surface area (Å²) in [5, 5.41) is 11.8. The fraction of sp³-hybridized carbons (Fsp3) is 0.125. The van der Waals surface area contributed by atoms with Crippen molar-refractivity contribution in [2.24, 2.45) is 0 Å². The number of carbonyl (C=O) groups excluding carboxylic acids is 1. The van der Waals surface area contributed by atoms with Gasteiger partial charge in [0.2, 0.25) is 5.91 Å². The van der Waals surface area contributed by atoms with Gasteiger partial charge in [-0.1, -0.05) is 11.6 Å². The van der Waals surface area contributed by atoms with Crippen LogP contribution in [0.5, 0.6) is 5.75 Å². The van der Waals surface area contributed by atoms with Crippen molar-refractivity contribution in [2.45, 2.75) is 0 Å². The second-order valence-corrected chi connectivity index (χ2v) is 3.02. The van der Waals surface area contributed by atoms with Gasteiger partial charge in [0.1, 0.15) is 11.6 Å². The van der Waals surface area contributed by atoms with Gasteiger partial charge in [0.05, 0.1) is 10.7 Å². The quantitative estimate of drug-likeness (QED) is 0.593. The summed E-state index contributed by atoms with van der Waals surface area (Å²) in [5.74, 6) is -0.417. The zero-order valence-electron chi connectivity index (χ0n) is 6.55. The molecule has 0 aromatic heterocycles. The largest absolute Gasteiger partial charge is 0.508 e. The molecule has 2 N–H and O–H groups in total. The van der Waals surface area contributed by atoms with Crippen LogP contribution in [0.1, 0.15) is 0 Å². The Balaban J connectivity index is 2.83. The van der Waals surface area contributed by atoms with Gasteiger partial charge in [-0.15, -0.1) is 11.6 Å². The molecule has 0 saturated heterocycles. The molecule has 0 aliphatic heterocycles. The van der Waals surface area contributed by atoms with Gasteiger partial charge in [-0.25, -0.2) is 0 Å². The van der Waals surface area contributed by atoms with E-state index in [1.54, 1.807) is 0 Å². The molecule has 1 aromatic carbocycles. The van der Waals surface area contributed by atoms with Crippen LogP contribution < -0.4 is 5.32 Å². The van der Waals surface area contributed by atoms with E-state index in [0.717, 1.165) is 0 Å². The summed E-state index contributed by atoms with van der Waals surface area (Å²) in [6, 6.07) is 4.27. The van der Waals surface area contributed by atoms with Gasteiger partial charge in [0.25, 0.3) is 0 Å². The summed E-state index contributed by atoms with van der Waals surface area (Å²) >= 11 is 11.0. The van der Waals surface area contributed by atoms with Crippen molar-refractivity contribution in [2.75, 3.05) is 11.2 Å². The fourth-order valence-electron chi connectivity index (χ4n) is 0.789. The van der Waals surface area contributed by atoms with Gasteiger partial charge in [-0.05, 0) is 12.1 Å². The van der Waals surface area contributed by atoms with Crippen LogP contribution in [0.4, 0.5) is 5.69 Å². The minimum Gasteiger partial charge on any atom is -0.508 e. The predicted octanol–water partition coefficient (Wildman–Crippen LogP) is 2.22. The topological polar surface area (TPSA) is 49.3 Å². The molecule has 0 unspecified atom stereocenters. The molecule has 1 rings (SSSR count). The predicted molar refractivity (Wildman–Crippen MR) is 52.5 cm³/mol. The van der Waals surface area contributed by atoms with Crippen molar-refractivity contribution in [3.05, 3.63) is 23.2 Å². The molecular formula is C8H7Cl2NO2. The molecule has 70 valence electrons. The summed E-state index contributed by atoms with van der Waals surface area (Å²) in [5.41, 5.74) is 0.435. The number of nitrogens with one attached hydrogen (secondary N) is 1. The first-order chi connectivity index (χ1) is 6.13. The van der Waals surface area contributed by atoms with Crippen molar-refractivity contribution in [1.82, 2.24) is 0 Å². The van der Waals surface area contributed by atoms with Crippen LogP contribution in [0.25, 0.3) is 0 Å². The van der Waals surface area contributed by atoms with Gasteiger partial charge in [-0.2, -0.15) is 0 Å². The molecule has 0 aliphatic carbocycles. The molecule has 0 bridgehead atoms. The average molecular weight is 220 g/mol. The summed E-state index contributed by atoms with van der Waals surface area (Å²) in [7, 11) is 0. The number of anilines is 1. The SMILES string of the molecule is O=C(CCl)Nc1ccc(O)cc1Cl. The molecule has 0 aliphatic rings. The third-order valence-electron chi connectivity index (χ3n) is 1.35. The number of halogens is 2. The molecule has 0 radical (unpaired) electrons. The molecular weight excluding hydrogens is 213 g/mol. The van der Waals surface area contributed by atoms with E-state index in [1.165, 1.54) is 18.2 Å². The Morgan fingerprint density at radius 2 is 2.23 bits per heavy atom. The zero-order valence-corrected chi connectivity index (χ0v) is 8.06. The number of rotatable bonds is 2. The number of phenols is 1. The number of hydrogen-bond donors (Lipinski definition) is 2. The maximum Gasteiger partial charge on any atom is 0.239 e. The van der Waals surface area contributed by atoms with Crippen LogP contribution >= 0.6 is 23.2 Å². The first-order valence-corrected chi connectivity index (χ1v) is 4.39. The van der Waals surface area contributed by atoms with E-state index in [0.29, 0.717) is 5.69 Å². The van der Waals surface area contributed by atoms with E-state index in [9.17, 15) is 4.79 Å². The van der Waals surface area contributed by atoms with Crippen LogP contribution in [0.3, 0.4) is 0 Å². The maximum absolute atomic E-state index is 10.9. The normalized spacial score (nSPS) is 9.69. The lowest BCUT2D eigenvalue weighted by molar-refractivity contribution is -0.113. The zero-order chi connectivity index (χ0) is 9.84. The van der Waals surface area contributed by atoms with Gasteiger partial charge >= 0.3 is 0 Å². The first kappa shape index (κ1) is 10.2. The number of benzene rings is 1. The highest BCUT2D eigenvalue weighted by molar-refractivity contribution is 6.34. The number of aromatic hydroxyl groups is 1. The van der Waals surface area contributed by atoms with Crippen molar-refractivity contribution in [3.8, 4) is 5.75 Å². The lowest BCUT2D eigenvalue weighted by Crippen LogP contribution is -2.12. The first-order valence-electron chi connectivity index (χ1n) is 3.48. The van der Waals surface area contributed by atoms with E-state index >= 15 is 0 Å². The van der Waals surface area contributed by atoms with E-state index in [2.05, 4.69) is 5.32 Å². The van der Waals surface area contributed by atoms with E-state index < -0.39 is 0 Å². The van der Waals surface area contributed by atoms with Gasteiger partial charge in [-0.3, -0.25) is 4.79 Å². The van der Waals surface area contributed by atoms with Crippen LogP contribution in [-0.2, 0) is 4.79 Å². The van der Waals surface area contributed by atoms with Crippen molar-refractivity contribution >= 4 is 34.8 Å². The van der Waals surface area contributed by atoms with E-state index in [4.69, 9.17) is 28.3 Å². The molecule has 3 nitrogen and oxygen atoms in total. The number of phenolic OH excluding ortho intramolecular Hbond substituents is 1. The molecule has 13 heavy (non-hydrogen) atoms. The average Bonchev–Trinajstić information content (AvgIpc) is 2.09. The molecule has 0 spiro atoms. The van der Waals surface area contributed by atoms with E-state index in [-0.39, 0.29) is 22.6 Å². The Morgan fingerprint density at radius 3 is 2.77 bits per heavy atom. The van der Waals surface area contributed by atoms with Crippen molar-refractivity contribution in [1.29, 1.82) is 0 Å². The Labute approximate surface area is 85.3 Å². The van der Waals surface area contributed by atoms with Crippen molar-refractivity contribution < 1.29 is 9.90 Å². The number of amides is 1. The number of alkyl halides is 1. The minimum atomic E-state index is -0.339. The smallest absolute Gasteiger partial charge is 0.239 e. The van der Waals surface area contributed by atoms with E-state index in [1.807, 2.05) is 0 Å². The second-order valence-electron chi connectivity index (χ2n) is 2.35. The molecule has 0 heterocycles. The number of carbonyl (C=O) groups is 1. The van der Waals surface area contributed by atoms with Gasteiger partial charge in [0.15, 0.2) is 0 Å². The molecule has 1 aromatic rings. The molecule has 0 saturated carbocycles. The Bertz CT molecular complexity index is 328. The third-order valence-corrected chi connectivity index (χ3v) is 1.90. The minimum absolute atomic E-state index is 0.0499. The Kier molecular flexibility index (Phi) is 3.39. The highest BCUT2D eigenvalue weighted by Gasteiger charge is 2.04. The lowest BCUT2D eigenvalue weighted by Gasteiger charge is -2.04. The highest BCUT2D eigenvalue weighted by atomic mass is 35.5. The Morgan fingerprint density at radius 1 is 1.54 bits per heavy atom. The third kappa shape index (κ3) is 2.79. The number of hydrogen-bond acceptors (Lipinski definition) is 2. The molecule has 1 amide bonds. The maximum atomic E-state index is 10.9. The van der Waals surface area contributed by atoms with Crippen LogP contribution in [0.2, 0.25) is 5.02 Å². The van der Waals surface area contributed by atoms with Gasteiger partial charge in [0, 0.05) is 6.07 Å². The second kappa shape index (κ2) is 4.35. The summed E-state index contributed by atoms with van der Waals surface area (Å²) in [4.78, 5) is 10.9. The monoisotopic (exact) mass is 219 g/mol. The van der Waals surface area contributed by atoms with Crippen LogP contribution in [-0.4, -0.2) is 16.9 Å². The summed E-state index contributed by atoms with van der Waals surface area (Å²) in [6.07, 6.45) is 0. The molecule has 5 heteroatoms. The summed E-state index contributed by atoms with van der Waals surface area (Å²) in [6.45, 7) is 0. The lowest BCUT2D eigenvalue weighted by atomic mass is 10.3. The fourth-order valence-corrected chi connectivity index (χ4v) is 1.08. The Hall–Kier alpha value is -0.930. The van der Waals surface area contributed by atoms with Crippen molar-refractivity contribution in [3.63, 3.8) is 0 Å². The van der Waals surface area contributed by atoms with Crippen LogP contribution in [0.15, 0.2) is 18.2 Å². The van der Waals surface area contributed by atoms with Crippen LogP contribution in [0, 0.1) is 0 Å². The van der Waals surface area contributed by atoms with Gasteiger partial charge < -0.3 is 10.4 Å². The molecule has 0 fully saturated rings. The standard InChI is InChI=1S/C8H7Cl2NO2/c9-4-8(13)11-7-2-1-5(12)3-6(7)10/h1-3,12H,4H2,(H,11,13). The summed E-state index contributed by atoms with van der Waals surface area (Å²) < 4.78 is 0. The molecule has 0 atom stereocenters. The highest BCUT2D eigenvalue weighted by Crippen LogP contribution is 2.25.